The molecule has 20 heavy (non-hydrogen) atoms. The van der Waals surface area contributed by atoms with E-state index in [2.05, 4.69) is 0 Å². The van der Waals surface area contributed by atoms with E-state index in [9.17, 15) is 21.6 Å². The van der Waals surface area contributed by atoms with E-state index in [0.29, 0.717) is 4.90 Å². The molecule has 0 radical (unpaired) electrons. The summed E-state index contributed by atoms with van der Waals surface area (Å²) >= 11 is 1.02. The molecule has 0 unspecified atom stereocenters. The summed E-state index contributed by atoms with van der Waals surface area (Å²) < 4.78 is 60.7. The third-order valence-corrected chi connectivity index (χ3v) is 5.48. The van der Waals surface area contributed by atoms with Crippen LogP contribution in [0.1, 0.15) is 18.1 Å². The van der Waals surface area contributed by atoms with E-state index < -0.39 is 27.1 Å². The van der Waals surface area contributed by atoms with Crippen LogP contribution in [0.3, 0.4) is 0 Å². The Morgan fingerprint density at radius 2 is 2.00 bits per heavy atom. The number of hydrogen-bond donors (Lipinski definition) is 0. The van der Waals surface area contributed by atoms with Crippen LogP contribution in [0.4, 0.5) is 13.2 Å². The Kier molecular flexibility index (Phi) is 5.48. The lowest BCUT2D eigenvalue weighted by Crippen LogP contribution is -2.11. The molecule has 0 saturated carbocycles. The number of sulfone groups is 1. The van der Waals surface area contributed by atoms with E-state index in [1.807, 2.05) is 0 Å². The monoisotopic (exact) mass is 323 g/mol. The standard InChI is InChI=1S/C12H12F3NO2S2/c1-2-20(17,18)6-5-19-10-4-3-9(8-16)11(7-10)12(13,14)15/h3-4,7H,2,5-6H2,1H3. The second kappa shape index (κ2) is 6.50. The zero-order valence-electron chi connectivity index (χ0n) is 10.6. The fourth-order valence-electron chi connectivity index (χ4n) is 1.38. The van der Waals surface area contributed by atoms with Crippen LogP contribution in [0.2, 0.25) is 0 Å². The van der Waals surface area contributed by atoms with Gasteiger partial charge in [0.05, 0.1) is 22.9 Å². The molecule has 1 rings (SSSR count). The first-order valence-electron chi connectivity index (χ1n) is 5.64. The minimum atomic E-state index is -4.60. The highest BCUT2D eigenvalue weighted by atomic mass is 32.2. The topological polar surface area (TPSA) is 57.9 Å². The molecule has 0 aliphatic rings. The fourth-order valence-corrected chi connectivity index (χ4v) is 3.61. The highest BCUT2D eigenvalue weighted by Crippen LogP contribution is 2.34. The van der Waals surface area contributed by atoms with Gasteiger partial charge in [-0.05, 0) is 18.2 Å². The van der Waals surface area contributed by atoms with Crippen LogP contribution < -0.4 is 0 Å². The largest absolute Gasteiger partial charge is 0.417 e. The lowest BCUT2D eigenvalue weighted by atomic mass is 10.1. The van der Waals surface area contributed by atoms with Crippen molar-refractivity contribution in [3.63, 3.8) is 0 Å². The maximum absolute atomic E-state index is 12.7. The Balaban J connectivity index is 2.87. The van der Waals surface area contributed by atoms with Gasteiger partial charge in [-0.25, -0.2) is 8.42 Å². The Morgan fingerprint density at radius 3 is 2.50 bits per heavy atom. The van der Waals surface area contributed by atoms with E-state index in [1.54, 1.807) is 0 Å². The summed E-state index contributed by atoms with van der Waals surface area (Å²) in [7, 11) is -3.14. The van der Waals surface area contributed by atoms with Crippen molar-refractivity contribution in [1.29, 1.82) is 5.26 Å². The molecule has 110 valence electrons. The molecule has 0 N–H and O–H groups in total. The van der Waals surface area contributed by atoms with Gasteiger partial charge in [0.25, 0.3) is 0 Å². The van der Waals surface area contributed by atoms with Crippen LogP contribution in [0.5, 0.6) is 0 Å². The number of benzene rings is 1. The molecule has 0 bridgehead atoms. The molecule has 0 spiro atoms. The highest BCUT2D eigenvalue weighted by Gasteiger charge is 2.33. The second-order valence-electron chi connectivity index (χ2n) is 3.90. The maximum Gasteiger partial charge on any atom is 0.417 e. The van der Waals surface area contributed by atoms with E-state index in [-0.39, 0.29) is 17.3 Å². The van der Waals surface area contributed by atoms with Gasteiger partial charge >= 0.3 is 6.18 Å². The summed E-state index contributed by atoms with van der Waals surface area (Å²) in [6.45, 7) is 1.52. The second-order valence-corrected chi connectivity index (χ2v) is 7.54. The van der Waals surface area contributed by atoms with Crippen molar-refractivity contribution in [3.05, 3.63) is 29.3 Å². The number of nitriles is 1. The lowest BCUT2D eigenvalue weighted by molar-refractivity contribution is -0.137. The molecule has 0 saturated heterocycles. The molecule has 8 heteroatoms. The molecule has 0 aliphatic carbocycles. The van der Waals surface area contributed by atoms with Crippen molar-refractivity contribution < 1.29 is 21.6 Å². The van der Waals surface area contributed by atoms with Gasteiger partial charge in [0.1, 0.15) is 0 Å². The predicted molar refractivity (Wildman–Crippen MR) is 71.2 cm³/mol. The number of hydrogen-bond acceptors (Lipinski definition) is 4. The van der Waals surface area contributed by atoms with Gasteiger partial charge in [-0.2, -0.15) is 18.4 Å². The van der Waals surface area contributed by atoms with E-state index in [0.717, 1.165) is 23.9 Å². The summed E-state index contributed by atoms with van der Waals surface area (Å²) in [4.78, 5) is 0.294. The number of halogens is 3. The molecule has 0 aliphatic heterocycles. The Morgan fingerprint density at radius 1 is 1.35 bits per heavy atom. The lowest BCUT2D eigenvalue weighted by Gasteiger charge is -2.10. The highest BCUT2D eigenvalue weighted by molar-refractivity contribution is 8.00. The first kappa shape index (κ1) is 16.9. The Bertz CT molecular complexity index is 619. The van der Waals surface area contributed by atoms with Crippen molar-refractivity contribution in [3.8, 4) is 6.07 Å². The van der Waals surface area contributed by atoms with Gasteiger partial charge in [0.2, 0.25) is 0 Å². The number of nitrogens with zero attached hydrogens (tertiary/aromatic N) is 1. The molecular formula is C12H12F3NO2S2. The van der Waals surface area contributed by atoms with Crippen LogP contribution in [0, 0.1) is 11.3 Å². The average Bonchev–Trinajstić information content (AvgIpc) is 2.37. The summed E-state index contributed by atoms with van der Waals surface area (Å²) in [5, 5.41) is 8.65. The van der Waals surface area contributed by atoms with Crippen molar-refractivity contribution in [2.24, 2.45) is 0 Å². The first-order valence-corrected chi connectivity index (χ1v) is 8.45. The van der Waals surface area contributed by atoms with Gasteiger partial charge in [-0.1, -0.05) is 6.92 Å². The number of alkyl halides is 3. The first-order chi connectivity index (χ1) is 9.19. The summed E-state index contributed by atoms with van der Waals surface area (Å²) in [6, 6.07) is 4.85. The van der Waals surface area contributed by atoms with E-state index in [1.165, 1.54) is 19.1 Å². The summed E-state index contributed by atoms with van der Waals surface area (Å²) in [5.74, 6) is 0.101. The van der Waals surface area contributed by atoms with Crippen molar-refractivity contribution in [1.82, 2.24) is 0 Å². The molecule has 0 aromatic heterocycles. The summed E-state index contributed by atoms with van der Waals surface area (Å²) in [6.07, 6.45) is -4.60. The van der Waals surface area contributed by atoms with Crippen molar-refractivity contribution in [2.75, 3.05) is 17.3 Å². The molecular weight excluding hydrogens is 311 g/mol. The van der Waals surface area contributed by atoms with Crippen molar-refractivity contribution >= 4 is 21.6 Å². The van der Waals surface area contributed by atoms with Gasteiger partial charge in [0, 0.05) is 16.4 Å². The average molecular weight is 323 g/mol. The van der Waals surface area contributed by atoms with Crippen LogP contribution in [0.25, 0.3) is 0 Å². The van der Waals surface area contributed by atoms with Crippen LogP contribution >= 0.6 is 11.8 Å². The SMILES string of the molecule is CCS(=O)(=O)CCSc1ccc(C#N)c(C(F)(F)F)c1. The molecule has 1 aromatic carbocycles. The van der Waals surface area contributed by atoms with Gasteiger partial charge < -0.3 is 0 Å². The maximum atomic E-state index is 12.7. The van der Waals surface area contributed by atoms with Gasteiger partial charge in [-0.3, -0.25) is 0 Å². The normalized spacial score (nSPS) is 12.2. The quantitative estimate of drug-likeness (QED) is 0.781. The third kappa shape index (κ3) is 4.72. The third-order valence-electron chi connectivity index (χ3n) is 2.52. The smallest absolute Gasteiger partial charge is 0.229 e. The van der Waals surface area contributed by atoms with Gasteiger partial charge in [0.15, 0.2) is 9.84 Å². The number of thioether (sulfide) groups is 1. The predicted octanol–water partition coefficient (Wildman–Crippen LogP) is 3.10. The van der Waals surface area contributed by atoms with E-state index >= 15 is 0 Å². The zero-order valence-corrected chi connectivity index (χ0v) is 12.2. The molecule has 0 atom stereocenters. The van der Waals surface area contributed by atoms with Gasteiger partial charge in [-0.15, -0.1) is 11.8 Å². The van der Waals surface area contributed by atoms with Crippen LogP contribution in [-0.2, 0) is 16.0 Å². The Labute approximate surface area is 119 Å². The minimum Gasteiger partial charge on any atom is -0.229 e. The molecule has 0 heterocycles. The van der Waals surface area contributed by atoms with Crippen LogP contribution in [0.15, 0.2) is 23.1 Å². The summed E-state index contributed by atoms with van der Waals surface area (Å²) in [5.41, 5.74) is -1.44. The Hall–Kier alpha value is -1.20. The molecule has 3 nitrogen and oxygen atoms in total. The molecule has 0 amide bonds. The van der Waals surface area contributed by atoms with E-state index in [4.69, 9.17) is 5.26 Å². The zero-order chi connectivity index (χ0) is 15.4. The molecule has 1 aromatic rings. The fraction of sp³-hybridized carbons (Fsp3) is 0.417. The number of rotatable bonds is 5. The van der Waals surface area contributed by atoms with Crippen molar-refractivity contribution in [2.45, 2.75) is 18.0 Å². The minimum absolute atomic E-state index is 0.00866. The molecule has 0 fully saturated rings. The van der Waals surface area contributed by atoms with Crippen LogP contribution in [-0.4, -0.2) is 25.7 Å².